The van der Waals surface area contributed by atoms with E-state index in [1.165, 1.54) is 12.8 Å². The molecule has 0 aliphatic heterocycles. The minimum atomic E-state index is 0.526. The number of aromatic nitrogens is 1. The number of aryl methyl sites for hydroxylation is 1. The van der Waals surface area contributed by atoms with E-state index in [-0.39, 0.29) is 0 Å². The number of halogens is 1. The van der Waals surface area contributed by atoms with E-state index in [0.717, 1.165) is 29.1 Å². The molecule has 5 heteroatoms. The Morgan fingerprint density at radius 1 is 1.29 bits per heavy atom. The number of nitrogen functional groups attached to an aromatic ring is 1. The fourth-order valence-corrected chi connectivity index (χ4v) is 2.63. The second-order valence-electron chi connectivity index (χ2n) is 5.64. The Morgan fingerprint density at radius 3 is 2.67 bits per heavy atom. The first kappa shape index (κ1) is 14.2. The second kappa shape index (κ2) is 5.54. The van der Waals surface area contributed by atoms with Crippen LogP contribution < -0.4 is 16.6 Å². The summed E-state index contributed by atoms with van der Waals surface area (Å²) >= 11 is 6.43. The largest absolute Gasteiger partial charge is 0.396 e. The maximum atomic E-state index is 6.43. The van der Waals surface area contributed by atoms with Crippen LogP contribution in [-0.4, -0.2) is 11.5 Å². The Hall–Kier alpha value is -1.78. The SMILES string of the molecule is Cc1ccc(-c2ccc(N(N)CC3CC3)c(N)c2Cl)cn1. The summed E-state index contributed by atoms with van der Waals surface area (Å²) in [4.78, 5) is 4.30. The van der Waals surface area contributed by atoms with Gasteiger partial charge in [-0.15, -0.1) is 0 Å². The lowest BCUT2D eigenvalue weighted by molar-refractivity contribution is 0.751. The lowest BCUT2D eigenvalue weighted by Crippen LogP contribution is -2.33. The molecular formula is C16H19ClN4. The van der Waals surface area contributed by atoms with Crippen LogP contribution in [0.15, 0.2) is 30.5 Å². The first-order valence-electron chi connectivity index (χ1n) is 7.09. The van der Waals surface area contributed by atoms with E-state index >= 15 is 0 Å². The second-order valence-corrected chi connectivity index (χ2v) is 6.02. The third-order valence-corrected chi connectivity index (χ3v) is 4.25. The molecule has 0 atom stereocenters. The van der Waals surface area contributed by atoms with Crippen LogP contribution in [0, 0.1) is 12.8 Å². The van der Waals surface area contributed by atoms with Gasteiger partial charge in [-0.25, -0.2) is 5.84 Å². The zero-order valence-electron chi connectivity index (χ0n) is 12.0. The zero-order chi connectivity index (χ0) is 15.0. The fourth-order valence-electron chi connectivity index (χ4n) is 2.36. The third kappa shape index (κ3) is 2.96. The average Bonchev–Trinajstić information content (AvgIpc) is 3.27. The monoisotopic (exact) mass is 302 g/mol. The van der Waals surface area contributed by atoms with E-state index < -0.39 is 0 Å². The molecule has 1 heterocycles. The predicted molar refractivity (Wildman–Crippen MR) is 88.1 cm³/mol. The van der Waals surface area contributed by atoms with E-state index in [2.05, 4.69) is 4.98 Å². The molecule has 1 aromatic carbocycles. The molecule has 1 aliphatic rings. The summed E-state index contributed by atoms with van der Waals surface area (Å²) in [6.07, 6.45) is 4.29. The van der Waals surface area contributed by atoms with E-state index in [4.69, 9.17) is 23.2 Å². The Labute approximate surface area is 129 Å². The van der Waals surface area contributed by atoms with Crippen molar-refractivity contribution in [1.29, 1.82) is 0 Å². The molecular weight excluding hydrogens is 284 g/mol. The van der Waals surface area contributed by atoms with Crippen molar-refractivity contribution >= 4 is 23.0 Å². The predicted octanol–water partition coefficient (Wildman–Crippen LogP) is 3.38. The summed E-state index contributed by atoms with van der Waals surface area (Å²) in [5, 5.41) is 2.24. The van der Waals surface area contributed by atoms with Crippen molar-refractivity contribution in [2.45, 2.75) is 19.8 Å². The van der Waals surface area contributed by atoms with Gasteiger partial charge < -0.3 is 10.7 Å². The van der Waals surface area contributed by atoms with Gasteiger partial charge in [0.2, 0.25) is 0 Å². The lowest BCUT2D eigenvalue weighted by Gasteiger charge is -2.22. The quantitative estimate of drug-likeness (QED) is 0.516. The molecule has 1 fully saturated rings. The molecule has 3 rings (SSSR count). The van der Waals surface area contributed by atoms with Crippen molar-refractivity contribution in [3.63, 3.8) is 0 Å². The molecule has 0 bridgehead atoms. The van der Waals surface area contributed by atoms with Crippen LogP contribution in [0.2, 0.25) is 5.02 Å². The first-order chi connectivity index (χ1) is 10.1. The van der Waals surface area contributed by atoms with Crippen molar-refractivity contribution in [2.24, 2.45) is 11.8 Å². The van der Waals surface area contributed by atoms with Crippen LogP contribution in [0.1, 0.15) is 18.5 Å². The van der Waals surface area contributed by atoms with Crippen molar-refractivity contribution < 1.29 is 0 Å². The Balaban J connectivity index is 1.93. The highest BCUT2D eigenvalue weighted by Gasteiger charge is 2.24. The number of nitrogens with zero attached hydrogens (tertiary/aromatic N) is 2. The minimum Gasteiger partial charge on any atom is -0.396 e. The summed E-state index contributed by atoms with van der Waals surface area (Å²) in [5.41, 5.74) is 10.3. The number of hydrazine groups is 1. The van der Waals surface area contributed by atoms with E-state index in [1.807, 2.05) is 31.2 Å². The highest BCUT2D eigenvalue weighted by atomic mass is 35.5. The maximum absolute atomic E-state index is 6.43. The molecule has 110 valence electrons. The summed E-state index contributed by atoms with van der Waals surface area (Å²) < 4.78 is 0. The Morgan fingerprint density at radius 2 is 2.05 bits per heavy atom. The van der Waals surface area contributed by atoms with E-state index in [9.17, 15) is 0 Å². The van der Waals surface area contributed by atoms with Gasteiger partial charge in [-0.2, -0.15) is 0 Å². The number of pyridine rings is 1. The number of benzene rings is 1. The highest BCUT2D eigenvalue weighted by Crippen LogP contribution is 2.39. The number of rotatable bonds is 4. The van der Waals surface area contributed by atoms with Gasteiger partial charge in [0, 0.05) is 29.6 Å². The molecule has 1 aliphatic carbocycles. The summed E-state index contributed by atoms with van der Waals surface area (Å²) in [6, 6.07) is 7.83. The maximum Gasteiger partial charge on any atom is 0.0762 e. The standard InChI is InChI=1S/C16H19ClN4/c1-10-2-5-12(8-20-10)13-6-7-14(16(18)15(13)17)21(19)9-11-3-4-11/h2,5-8,11H,3-4,9,18-19H2,1H3. The molecule has 0 spiro atoms. The summed E-state index contributed by atoms with van der Waals surface area (Å²) in [6.45, 7) is 2.78. The lowest BCUT2D eigenvalue weighted by atomic mass is 10.1. The average molecular weight is 303 g/mol. The fraction of sp³-hybridized carbons (Fsp3) is 0.312. The highest BCUT2D eigenvalue weighted by molar-refractivity contribution is 6.36. The topological polar surface area (TPSA) is 68.2 Å². The van der Waals surface area contributed by atoms with Crippen LogP contribution in [0.4, 0.5) is 11.4 Å². The summed E-state index contributed by atoms with van der Waals surface area (Å²) in [7, 11) is 0. The van der Waals surface area contributed by atoms with Crippen LogP contribution in [0.5, 0.6) is 0 Å². The van der Waals surface area contributed by atoms with Crippen LogP contribution in [-0.2, 0) is 0 Å². The van der Waals surface area contributed by atoms with Crippen molar-refractivity contribution in [3.05, 3.63) is 41.2 Å². The van der Waals surface area contributed by atoms with Gasteiger partial charge in [0.1, 0.15) is 0 Å². The molecule has 1 saturated carbocycles. The molecule has 2 aromatic rings. The van der Waals surface area contributed by atoms with Crippen LogP contribution in [0.25, 0.3) is 11.1 Å². The van der Waals surface area contributed by atoms with Crippen molar-refractivity contribution in [2.75, 3.05) is 17.3 Å². The van der Waals surface area contributed by atoms with Gasteiger partial charge in [0.25, 0.3) is 0 Å². The van der Waals surface area contributed by atoms with Crippen molar-refractivity contribution in [1.82, 2.24) is 4.98 Å². The number of nitrogens with two attached hydrogens (primary N) is 2. The normalized spacial score (nSPS) is 14.2. The minimum absolute atomic E-state index is 0.526. The molecule has 0 amide bonds. The Bertz CT molecular complexity index is 650. The smallest absolute Gasteiger partial charge is 0.0762 e. The van der Waals surface area contributed by atoms with E-state index in [0.29, 0.717) is 16.6 Å². The van der Waals surface area contributed by atoms with Gasteiger partial charge in [-0.05, 0) is 37.8 Å². The third-order valence-electron chi connectivity index (χ3n) is 3.84. The van der Waals surface area contributed by atoms with Gasteiger partial charge >= 0.3 is 0 Å². The van der Waals surface area contributed by atoms with Gasteiger partial charge in [0.05, 0.1) is 16.4 Å². The number of anilines is 2. The molecule has 0 saturated heterocycles. The van der Waals surface area contributed by atoms with Crippen molar-refractivity contribution in [3.8, 4) is 11.1 Å². The number of hydrogen-bond donors (Lipinski definition) is 2. The molecule has 1 aromatic heterocycles. The molecule has 0 unspecified atom stereocenters. The van der Waals surface area contributed by atoms with E-state index in [1.54, 1.807) is 11.2 Å². The van der Waals surface area contributed by atoms with Gasteiger partial charge in [-0.1, -0.05) is 23.7 Å². The summed E-state index contributed by atoms with van der Waals surface area (Å²) in [5.74, 6) is 6.79. The molecule has 0 radical (unpaired) electrons. The molecule has 21 heavy (non-hydrogen) atoms. The zero-order valence-corrected chi connectivity index (χ0v) is 12.8. The Kier molecular flexibility index (Phi) is 3.74. The van der Waals surface area contributed by atoms with Crippen LogP contribution in [0.3, 0.4) is 0 Å². The molecule has 4 nitrogen and oxygen atoms in total. The van der Waals surface area contributed by atoms with Gasteiger partial charge in [0.15, 0.2) is 0 Å². The van der Waals surface area contributed by atoms with Crippen LogP contribution >= 0.6 is 11.6 Å². The first-order valence-corrected chi connectivity index (χ1v) is 7.47. The number of hydrogen-bond acceptors (Lipinski definition) is 4. The molecule has 4 N–H and O–H groups in total. The van der Waals surface area contributed by atoms with Gasteiger partial charge in [-0.3, -0.25) is 4.98 Å².